The van der Waals surface area contributed by atoms with Crippen LogP contribution < -0.4 is 10.5 Å². The minimum Gasteiger partial charge on any atom is -0.496 e. The minimum absolute atomic E-state index is 0.294. The third-order valence-corrected chi connectivity index (χ3v) is 3.88. The van der Waals surface area contributed by atoms with E-state index in [4.69, 9.17) is 15.2 Å². The first-order valence-corrected chi connectivity index (χ1v) is 6.81. The van der Waals surface area contributed by atoms with Crippen molar-refractivity contribution in [2.45, 2.75) is 11.7 Å². The van der Waals surface area contributed by atoms with Crippen LogP contribution in [0, 0.1) is 0 Å². The van der Waals surface area contributed by atoms with Crippen molar-refractivity contribution in [2.75, 3.05) is 33.1 Å². The van der Waals surface area contributed by atoms with Crippen molar-refractivity contribution >= 4 is 11.8 Å². The van der Waals surface area contributed by atoms with Gasteiger partial charge >= 0.3 is 0 Å². The van der Waals surface area contributed by atoms with E-state index in [9.17, 15) is 0 Å². The molecule has 0 saturated carbocycles. The molecule has 96 valence electrons. The van der Waals surface area contributed by atoms with Crippen LogP contribution in [-0.2, 0) is 4.74 Å². The molecule has 3 nitrogen and oxygen atoms in total. The summed E-state index contributed by atoms with van der Waals surface area (Å²) < 4.78 is 10.4. The van der Waals surface area contributed by atoms with E-state index in [0.29, 0.717) is 11.8 Å². The monoisotopic (exact) mass is 255 g/mol. The Morgan fingerprint density at radius 1 is 1.29 bits per heavy atom. The van der Waals surface area contributed by atoms with Crippen LogP contribution in [0.1, 0.15) is 17.2 Å². The Hall–Kier alpha value is -0.710. The maximum absolute atomic E-state index is 5.84. The molecule has 0 amide bonds. The number of para-hydroxylation sites is 1. The van der Waals surface area contributed by atoms with Crippen LogP contribution >= 0.6 is 11.8 Å². The Morgan fingerprint density at radius 2 is 2.06 bits per heavy atom. The topological polar surface area (TPSA) is 44.5 Å². The highest BCUT2D eigenvalue weighted by molar-refractivity contribution is 7.99. The number of benzene rings is 1. The largest absolute Gasteiger partial charge is 0.496 e. The molecule has 1 aromatic carbocycles. The number of ether oxygens (including phenoxy) is 2. The number of hydrogen-bond donors (Lipinski definition) is 1. The van der Waals surface area contributed by atoms with Crippen molar-refractivity contribution in [3.63, 3.8) is 0 Å². The Labute approximate surface area is 108 Å². The molecule has 0 fully saturated rings. The number of rotatable bonds is 8. The molecule has 0 aromatic heterocycles. The van der Waals surface area contributed by atoms with Crippen molar-refractivity contribution in [2.24, 2.45) is 5.73 Å². The molecule has 0 aliphatic heterocycles. The second kappa shape index (κ2) is 8.39. The normalized spacial score (nSPS) is 12.4. The summed E-state index contributed by atoms with van der Waals surface area (Å²) in [5.74, 6) is 1.97. The highest BCUT2D eigenvalue weighted by Crippen LogP contribution is 2.34. The summed E-state index contributed by atoms with van der Waals surface area (Å²) >= 11 is 1.86. The van der Waals surface area contributed by atoms with Gasteiger partial charge in [0.25, 0.3) is 0 Å². The van der Waals surface area contributed by atoms with Crippen molar-refractivity contribution in [1.29, 1.82) is 0 Å². The van der Waals surface area contributed by atoms with E-state index in [1.165, 1.54) is 5.56 Å². The maximum Gasteiger partial charge on any atom is 0.123 e. The minimum atomic E-state index is 0.294. The van der Waals surface area contributed by atoms with Crippen LogP contribution in [-0.4, -0.2) is 33.1 Å². The lowest BCUT2D eigenvalue weighted by Gasteiger charge is -2.17. The summed E-state index contributed by atoms with van der Waals surface area (Å²) in [7, 11) is 3.42. The molecule has 0 heterocycles. The van der Waals surface area contributed by atoms with Crippen LogP contribution in [0.15, 0.2) is 24.3 Å². The summed E-state index contributed by atoms with van der Waals surface area (Å²) in [6.07, 6.45) is 1.05. The third kappa shape index (κ3) is 4.58. The molecule has 4 heteroatoms. The molecule has 17 heavy (non-hydrogen) atoms. The van der Waals surface area contributed by atoms with E-state index in [2.05, 4.69) is 6.07 Å². The Balaban J connectivity index is 2.59. The average Bonchev–Trinajstić information content (AvgIpc) is 2.39. The lowest BCUT2D eigenvalue weighted by Crippen LogP contribution is -2.11. The van der Waals surface area contributed by atoms with Crippen LogP contribution in [0.5, 0.6) is 5.75 Å². The Bertz CT molecular complexity index is 320. The van der Waals surface area contributed by atoms with E-state index in [-0.39, 0.29) is 0 Å². The lowest BCUT2D eigenvalue weighted by molar-refractivity contribution is 0.200. The van der Waals surface area contributed by atoms with Gasteiger partial charge in [0.1, 0.15) is 5.75 Å². The highest BCUT2D eigenvalue weighted by Gasteiger charge is 2.14. The van der Waals surface area contributed by atoms with Gasteiger partial charge in [-0.1, -0.05) is 18.2 Å². The molecule has 0 bridgehead atoms. The predicted octanol–water partition coefficient (Wildman–Crippen LogP) is 2.46. The number of thioether (sulfide) groups is 1. The summed E-state index contributed by atoms with van der Waals surface area (Å²) in [5.41, 5.74) is 7.02. The van der Waals surface area contributed by atoms with E-state index in [1.807, 2.05) is 30.0 Å². The molecule has 0 aliphatic rings. The molecule has 2 N–H and O–H groups in total. The fourth-order valence-corrected chi connectivity index (χ4v) is 2.73. The van der Waals surface area contributed by atoms with E-state index < -0.39 is 0 Å². The predicted molar refractivity (Wildman–Crippen MR) is 73.7 cm³/mol. The van der Waals surface area contributed by atoms with Gasteiger partial charge in [0.2, 0.25) is 0 Å². The molecule has 0 spiro atoms. The van der Waals surface area contributed by atoms with Gasteiger partial charge in [-0.15, -0.1) is 0 Å². The Morgan fingerprint density at radius 3 is 2.71 bits per heavy atom. The number of methoxy groups -OCH3 is 2. The van der Waals surface area contributed by atoms with Gasteiger partial charge < -0.3 is 15.2 Å². The molecule has 1 rings (SSSR count). The van der Waals surface area contributed by atoms with Crippen molar-refractivity contribution < 1.29 is 9.47 Å². The van der Waals surface area contributed by atoms with Crippen LogP contribution in [0.3, 0.4) is 0 Å². The van der Waals surface area contributed by atoms with Gasteiger partial charge in [0, 0.05) is 31.1 Å². The smallest absolute Gasteiger partial charge is 0.123 e. The quantitative estimate of drug-likeness (QED) is 0.725. The van der Waals surface area contributed by atoms with Crippen LogP contribution in [0.25, 0.3) is 0 Å². The summed E-state index contributed by atoms with van der Waals surface area (Å²) in [6.45, 7) is 1.42. The summed E-state index contributed by atoms with van der Waals surface area (Å²) in [4.78, 5) is 0. The Kier molecular flexibility index (Phi) is 7.08. The summed E-state index contributed by atoms with van der Waals surface area (Å²) in [5, 5.41) is 0.294. The molecular formula is C13H21NO2S. The zero-order valence-electron chi connectivity index (χ0n) is 10.5. The SMILES string of the molecule is COCCCSC(CN)c1ccccc1OC. The lowest BCUT2D eigenvalue weighted by atomic mass is 10.1. The zero-order valence-corrected chi connectivity index (χ0v) is 11.3. The highest BCUT2D eigenvalue weighted by atomic mass is 32.2. The maximum atomic E-state index is 5.84. The van der Waals surface area contributed by atoms with Crippen molar-refractivity contribution in [3.05, 3.63) is 29.8 Å². The first kappa shape index (κ1) is 14.4. The van der Waals surface area contributed by atoms with Crippen LogP contribution in [0.4, 0.5) is 0 Å². The van der Waals surface area contributed by atoms with Crippen molar-refractivity contribution in [1.82, 2.24) is 0 Å². The van der Waals surface area contributed by atoms with Gasteiger partial charge in [-0.2, -0.15) is 11.8 Å². The van der Waals surface area contributed by atoms with Crippen molar-refractivity contribution in [3.8, 4) is 5.75 Å². The van der Waals surface area contributed by atoms with E-state index >= 15 is 0 Å². The molecule has 1 unspecified atom stereocenters. The van der Waals surface area contributed by atoms with Gasteiger partial charge in [0.05, 0.1) is 7.11 Å². The van der Waals surface area contributed by atoms with Gasteiger partial charge in [0.15, 0.2) is 0 Å². The number of nitrogens with two attached hydrogens (primary N) is 1. The molecule has 0 saturated heterocycles. The van der Waals surface area contributed by atoms with E-state index in [0.717, 1.165) is 24.5 Å². The van der Waals surface area contributed by atoms with Gasteiger partial charge in [-0.3, -0.25) is 0 Å². The first-order valence-electron chi connectivity index (χ1n) is 5.77. The third-order valence-electron chi connectivity index (χ3n) is 2.51. The van der Waals surface area contributed by atoms with Gasteiger partial charge in [-0.05, 0) is 18.2 Å². The second-order valence-corrected chi connectivity index (χ2v) is 4.99. The average molecular weight is 255 g/mol. The van der Waals surface area contributed by atoms with Gasteiger partial charge in [-0.25, -0.2) is 0 Å². The molecule has 1 aromatic rings. The molecule has 0 aliphatic carbocycles. The van der Waals surface area contributed by atoms with E-state index in [1.54, 1.807) is 14.2 Å². The molecule has 1 atom stereocenters. The molecular weight excluding hydrogens is 234 g/mol. The van der Waals surface area contributed by atoms with Crippen LogP contribution in [0.2, 0.25) is 0 Å². The number of hydrogen-bond acceptors (Lipinski definition) is 4. The standard InChI is InChI=1S/C13H21NO2S/c1-15-8-5-9-17-13(10-14)11-6-3-4-7-12(11)16-2/h3-4,6-7,13H,5,8-10,14H2,1-2H3. The second-order valence-electron chi connectivity index (χ2n) is 3.68. The summed E-state index contributed by atoms with van der Waals surface area (Å²) in [6, 6.07) is 8.06. The fraction of sp³-hybridized carbons (Fsp3) is 0.538. The molecule has 0 radical (unpaired) electrons. The fourth-order valence-electron chi connectivity index (χ4n) is 1.65. The zero-order chi connectivity index (χ0) is 12.5. The first-order chi connectivity index (χ1) is 8.33.